The first-order valence-electron chi connectivity index (χ1n) is 17.3. The fourth-order valence-electron chi connectivity index (χ4n) is 8.05. The Bertz CT molecular complexity index is 2530. The summed E-state index contributed by atoms with van der Waals surface area (Å²) in [6.45, 7) is 0. The Kier molecular flexibility index (Phi) is 6.96. The maximum atomic E-state index is 2.52. The molecule has 1 aliphatic carbocycles. The van der Waals surface area contributed by atoms with Crippen molar-refractivity contribution in [1.29, 1.82) is 0 Å². The molecule has 1 nitrogen and oxygen atoms in total. The predicted octanol–water partition coefficient (Wildman–Crippen LogP) is 13.3. The van der Waals surface area contributed by atoms with Crippen molar-refractivity contribution in [2.75, 3.05) is 4.90 Å². The third kappa shape index (κ3) is 4.87. The Morgan fingerprint density at radius 3 is 1.60 bits per heavy atom. The predicted molar refractivity (Wildman–Crippen MR) is 214 cm³/mol. The quantitative estimate of drug-likeness (QED) is 0.182. The minimum Gasteiger partial charge on any atom is -0.311 e. The van der Waals surface area contributed by atoms with Gasteiger partial charge in [-0.3, -0.25) is 0 Å². The van der Waals surface area contributed by atoms with Gasteiger partial charge in [0.15, 0.2) is 0 Å². The van der Waals surface area contributed by atoms with E-state index in [-0.39, 0.29) is 5.92 Å². The topological polar surface area (TPSA) is 3.24 Å². The lowest BCUT2D eigenvalue weighted by molar-refractivity contribution is 0.871. The van der Waals surface area contributed by atoms with Crippen molar-refractivity contribution in [2.24, 2.45) is 0 Å². The highest BCUT2D eigenvalue weighted by Crippen LogP contribution is 2.52. The lowest BCUT2D eigenvalue weighted by Gasteiger charge is -2.31. The first-order valence-corrected chi connectivity index (χ1v) is 18.2. The molecule has 10 rings (SSSR count). The van der Waals surface area contributed by atoms with Gasteiger partial charge in [-0.05, 0) is 96.5 Å². The highest BCUT2D eigenvalue weighted by Gasteiger charge is 2.35. The van der Waals surface area contributed by atoms with Gasteiger partial charge in [0.2, 0.25) is 0 Å². The fraction of sp³-hybridized carbons (Fsp3) is 0.0417. The van der Waals surface area contributed by atoms with E-state index in [9.17, 15) is 0 Å². The van der Waals surface area contributed by atoms with Crippen LogP contribution in [0.3, 0.4) is 0 Å². The van der Waals surface area contributed by atoms with Gasteiger partial charge >= 0.3 is 0 Å². The smallest absolute Gasteiger partial charge is 0.0467 e. The summed E-state index contributed by atoms with van der Waals surface area (Å²) in [5.74, 6) is 0.283. The summed E-state index contributed by atoms with van der Waals surface area (Å²) in [7, 11) is 0. The minimum atomic E-state index is 0.283. The number of hydrogen-bond donors (Lipinski definition) is 0. The van der Waals surface area contributed by atoms with E-state index >= 15 is 0 Å². The van der Waals surface area contributed by atoms with Gasteiger partial charge in [0.1, 0.15) is 0 Å². The Morgan fingerprint density at radius 2 is 0.980 bits per heavy atom. The van der Waals surface area contributed by atoms with E-state index in [4.69, 9.17) is 0 Å². The van der Waals surface area contributed by atoms with Crippen molar-refractivity contribution < 1.29 is 0 Å². The number of hydrogen-bond acceptors (Lipinski definition) is 2. The van der Waals surface area contributed by atoms with Gasteiger partial charge in [0.25, 0.3) is 0 Å². The van der Waals surface area contributed by atoms with E-state index in [1.165, 1.54) is 70.7 Å². The van der Waals surface area contributed by atoms with Crippen molar-refractivity contribution in [2.45, 2.75) is 16.1 Å². The zero-order valence-electron chi connectivity index (χ0n) is 27.4. The second kappa shape index (κ2) is 11.9. The fourth-order valence-corrected chi connectivity index (χ4v) is 9.38. The van der Waals surface area contributed by atoms with Crippen molar-refractivity contribution in [3.63, 3.8) is 0 Å². The molecule has 0 amide bonds. The molecule has 0 spiro atoms. The third-order valence-electron chi connectivity index (χ3n) is 10.4. The maximum Gasteiger partial charge on any atom is 0.0467 e. The number of thioether (sulfide) groups is 1. The highest BCUT2D eigenvalue weighted by molar-refractivity contribution is 8.00. The molecule has 1 heterocycles. The normalized spacial score (nSPS) is 16.4. The molecule has 2 aliphatic rings. The van der Waals surface area contributed by atoms with Gasteiger partial charge < -0.3 is 4.90 Å². The number of allylic oxidation sites excluding steroid dienone is 2. The molecule has 2 unspecified atom stereocenters. The van der Waals surface area contributed by atoms with Crippen LogP contribution >= 0.6 is 11.8 Å². The second-order valence-electron chi connectivity index (χ2n) is 13.2. The van der Waals surface area contributed by atoms with E-state index in [0.29, 0.717) is 5.25 Å². The van der Waals surface area contributed by atoms with Gasteiger partial charge in [-0.1, -0.05) is 152 Å². The largest absolute Gasteiger partial charge is 0.311 e. The number of nitrogens with zero attached hydrogens (tertiary/aromatic N) is 1. The average Bonchev–Trinajstić information content (AvgIpc) is 3.56. The maximum absolute atomic E-state index is 2.52. The first kappa shape index (κ1) is 29.1. The van der Waals surface area contributed by atoms with Crippen LogP contribution in [0.2, 0.25) is 0 Å². The van der Waals surface area contributed by atoms with Crippen molar-refractivity contribution in [3.05, 3.63) is 199 Å². The average molecular weight is 656 g/mol. The molecular weight excluding hydrogens is 623 g/mol. The molecule has 0 N–H and O–H groups in total. The summed E-state index contributed by atoms with van der Waals surface area (Å²) in [6, 6.07) is 62.2. The van der Waals surface area contributed by atoms with Crippen molar-refractivity contribution in [1.82, 2.24) is 0 Å². The molecular formula is C48H33NS. The summed E-state index contributed by atoms with van der Waals surface area (Å²) < 4.78 is 0. The van der Waals surface area contributed by atoms with E-state index < -0.39 is 0 Å². The third-order valence-corrected chi connectivity index (χ3v) is 11.7. The second-order valence-corrected chi connectivity index (χ2v) is 14.5. The molecule has 8 aromatic rings. The van der Waals surface area contributed by atoms with Crippen molar-refractivity contribution >= 4 is 55.5 Å². The number of benzene rings is 8. The summed E-state index contributed by atoms with van der Waals surface area (Å²) >= 11 is 1.99. The van der Waals surface area contributed by atoms with Crippen LogP contribution in [-0.2, 0) is 0 Å². The highest BCUT2D eigenvalue weighted by atomic mass is 32.2. The molecule has 0 saturated heterocycles. The van der Waals surface area contributed by atoms with Gasteiger partial charge in [0.05, 0.1) is 0 Å². The minimum absolute atomic E-state index is 0.283. The molecule has 0 radical (unpaired) electrons. The molecule has 0 saturated carbocycles. The SMILES string of the molecule is C1=CC2Sc3ccc4ccccc4c3C2C=C1N(c1cccc(-c2cccc3ccccc23)c1)c1cccc(-c2cccc3ccccc23)c1. The molecule has 8 aromatic carbocycles. The van der Waals surface area contributed by atoms with E-state index in [1.807, 2.05) is 11.8 Å². The monoisotopic (exact) mass is 655 g/mol. The van der Waals surface area contributed by atoms with Crippen LogP contribution in [-0.4, -0.2) is 5.25 Å². The van der Waals surface area contributed by atoms with E-state index in [1.54, 1.807) is 0 Å². The van der Waals surface area contributed by atoms with Gasteiger partial charge in [0, 0.05) is 33.1 Å². The zero-order chi connectivity index (χ0) is 33.0. The van der Waals surface area contributed by atoms with Crippen LogP contribution in [0.5, 0.6) is 0 Å². The summed E-state index contributed by atoms with van der Waals surface area (Å²) in [6.07, 6.45) is 7.29. The Labute approximate surface area is 296 Å². The van der Waals surface area contributed by atoms with Gasteiger partial charge in [-0.25, -0.2) is 0 Å². The van der Waals surface area contributed by atoms with Crippen LogP contribution < -0.4 is 4.90 Å². The molecule has 0 aromatic heterocycles. The van der Waals surface area contributed by atoms with Crippen LogP contribution in [0.25, 0.3) is 54.6 Å². The summed E-state index contributed by atoms with van der Waals surface area (Å²) in [5, 5.41) is 8.08. The molecule has 236 valence electrons. The Balaban J connectivity index is 1.16. The van der Waals surface area contributed by atoms with Gasteiger partial charge in [-0.2, -0.15) is 0 Å². The van der Waals surface area contributed by atoms with Crippen LogP contribution in [0.1, 0.15) is 11.5 Å². The standard InChI is InChI=1S/C48H33NS/c1-4-20-40-32(11-1)14-9-23-42(40)35-16-7-18-37(29-35)49(38-19-8-17-36(30-38)43-24-10-15-33-12-2-5-21-41(33)43)39-26-28-46-45(31-39)48-44-22-6-3-13-34(44)25-27-47(48)50-46/h1-31,45-46H. The number of rotatable bonds is 5. The number of anilines is 2. The van der Waals surface area contributed by atoms with Gasteiger partial charge in [-0.15, -0.1) is 11.8 Å². The molecule has 50 heavy (non-hydrogen) atoms. The molecule has 0 bridgehead atoms. The first-order chi connectivity index (χ1) is 24.8. The zero-order valence-corrected chi connectivity index (χ0v) is 28.2. The lowest BCUT2D eigenvalue weighted by atomic mass is 9.87. The van der Waals surface area contributed by atoms with E-state index in [2.05, 4.69) is 193 Å². The van der Waals surface area contributed by atoms with Crippen LogP contribution in [0.4, 0.5) is 11.4 Å². The molecule has 2 atom stereocenters. The van der Waals surface area contributed by atoms with Crippen LogP contribution in [0.15, 0.2) is 199 Å². The summed E-state index contributed by atoms with van der Waals surface area (Å²) in [5.41, 5.74) is 9.84. The summed E-state index contributed by atoms with van der Waals surface area (Å²) in [4.78, 5) is 3.85. The molecule has 2 heteroatoms. The Hall–Kier alpha value is -5.83. The van der Waals surface area contributed by atoms with Crippen LogP contribution in [0, 0.1) is 0 Å². The Morgan fingerprint density at radius 1 is 0.460 bits per heavy atom. The number of fused-ring (bicyclic) bond motifs is 7. The lowest BCUT2D eigenvalue weighted by Crippen LogP contribution is -2.20. The van der Waals surface area contributed by atoms with E-state index in [0.717, 1.165) is 11.4 Å². The van der Waals surface area contributed by atoms with Crippen molar-refractivity contribution in [3.8, 4) is 22.3 Å². The molecule has 1 aliphatic heterocycles. The molecule has 0 fully saturated rings.